The van der Waals surface area contributed by atoms with E-state index < -0.39 is 15.9 Å². The predicted octanol–water partition coefficient (Wildman–Crippen LogP) is 2.60. The van der Waals surface area contributed by atoms with E-state index in [0.717, 1.165) is 0 Å². The Hall–Kier alpha value is -3.04. The van der Waals surface area contributed by atoms with Gasteiger partial charge in [0.25, 0.3) is 5.91 Å². The number of nitrogens with zero attached hydrogens (tertiary/aromatic N) is 2. The van der Waals surface area contributed by atoms with Crippen LogP contribution in [0, 0.1) is 6.92 Å². The van der Waals surface area contributed by atoms with Gasteiger partial charge in [0.1, 0.15) is 0 Å². The third kappa shape index (κ3) is 4.21. The van der Waals surface area contributed by atoms with Crippen molar-refractivity contribution in [3.05, 3.63) is 60.0 Å². The van der Waals surface area contributed by atoms with Crippen molar-refractivity contribution in [1.82, 2.24) is 14.9 Å². The minimum Gasteiger partial charge on any atom is -0.423 e. The van der Waals surface area contributed by atoms with E-state index in [1.165, 1.54) is 18.5 Å². The molecule has 0 unspecified atom stereocenters. The molecule has 0 aliphatic heterocycles. The Morgan fingerprint density at radius 1 is 1.19 bits per heavy atom. The van der Waals surface area contributed by atoms with Crippen LogP contribution in [0.25, 0.3) is 11.5 Å². The molecule has 0 bridgehead atoms. The van der Waals surface area contributed by atoms with E-state index in [1.807, 2.05) is 0 Å². The number of nitrogens with one attached hydrogen (secondary N) is 2. The maximum atomic E-state index is 12.7. The molecule has 0 atom stereocenters. The summed E-state index contributed by atoms with van der Waals surface area (Å²) in [5, 5.41) is 10.2. The first-order chi connectivity index (χ1) is 12.9. The summed E-state index contributed by atoms with van der Waals surface area (Å²) >= 11 is 0. The number of carbonyl (C=O) groups is 1. The van der Waals surface area contributed by atoms with Crippen LogP contribution >= 0.6 is 0 Å². The van der Waals surface area contributed by atoms with E-state index in [-0.39, 0.29) is 17.0 Å². The third-order valence-corrected chi connectivity index (χ3v) is 5.37. The van der Waals surface area contributed by atoms with Gasteiger partial charge in [-0.3, -0.25) is 4.79 Å². The molecule has 1 heterocycles. The number of hydrogen-bond donors (Lipinski definition) is 2. The number of rotatable bonds is 6. The number of anilines is 1. The molecule has 0 spiro atoms. The second kappa shape index (κ2) is 7.68. The summed E-state index contributed by atoms with van der Waals surface area (Å²) in [5.74, 6) is -0.0789. The molecule has 2 aromatic carbocycles. The van der Waals surface area contributed by atoms with Crippen LogP contribution in [-0.2, 0) is 10.0 Å². The lowest BCUT2D eigenvalue weighted by Gasteiger charge is -2.11. The molecule has 0 fully saturated rings. The fourth-order valence-corrected chi connectivity index (χ4v) is 3.58. The average Bonchev–Trinajstić information content (AvgIpc) is 3.16. The molecule has 0 aliphatic rings. The molecular weight excluding hydrogens is 368 g/mol. The molecule has 3 rings (SSSR count). The van der Waals surface area contributed by atoms with E-state index in [9.17, 15) is 13.2 Å². The van der Waals surface area contributed by atoms with E-state index >= 15 is 0 Å². The first-order valence-electron chi connectivity index (χ1n) is 8.19. The Bertz CT molecular complexity index is 1060. The Labute approximate surface area is 156 Å². The molecule has 140 valence electrons. The lowest BCUT2D eigenvalue weighted by atomic mass is 10.1. The van der Waals surface area contributed by atoms with Gasteiger partial charge in [-0.25, -0.2) is 13.1 Å². The Morgan fingerprint density at radius 3 is 2.70 bits per heavy atom. The zero-order valence-corrected chi connectivity index (χ0v) is 15.6. The van der Waals surface area contributed by atoms with E-state index in [1.54, 1.807) is 44.2 Å². The second-order valence-electron chi connectivity index (χ2n) is 5.76. The number of carbonyl (C=O) groups excluding carboxylic acids is 1. The molecule has 1 aromatic heterocycles. The van der Waals surface area contributed by atoms with Gasteiger partial charge in [-0.2, -0.15) is 0 Å². The molecule has 8 nitrogen and oxygen atoms in total. The van der Waals surface area contributed by atoms with Gasteiger partial charge in [-0.15, -0.1) is 10.2 Å². The summed E-state index contributed by atoms with van der Waals surface area (Å²) < 4.78 is 31.9. The first kappa shape index (κ1) is 18.7. The van der Waals surface area contributed by atoms with Gasteiger partial charge in [-0.05, 0) is 42.8 Å². The van der Waals surface area contributed by atoms with Crippen molar-refractivity contribution in [3.8, 4) is 11.5 Å². The van der Waals surface area contributed by atoms with Gasteiger partial charge < -0.3 is 9.73 Å². The number of amides is 1. The van der Waals surface area contributed by atoms with E-state index in [0.29, 0.717) is 22.7 Å². The molecule has 27 heavy (non-hydrogen) atoms. The summed E-state index contributed by atoms with van der Waals surface area (Å²) in [4.78, 5) is 12.7. The molecule has 0 saturated heterocycles. The molecule has 0 saturated carbocycles. The van der Waals surface area contributed by atoms with Crippen LogP contribution < -0.4 is 10.0 Å². The zero-order chi connectivity index (χ0) is 19.4. The van der Waals surface area contributed by atoms with E-state index in [4.69, 9.17) is 4.42 Å². The van der Waals surface area contributed by atoms with Crippen LogP contribution in [0.15, 0.2) is 58.2 Å². The zero-order valence-electron chi connectivity index (χ0n) is 14.8. The van der Waals surface area contributed by atoms with E-state index in [2.05, 4.69) is 20.2 Å². The van der Waals surface area contributed by atoms with Crippen LogP contribution in [0.5, 0.6) is 0 Å². The first-order valence-corrected chi connectivity index (χ1v) is 9.67. The highest BCUT2D eigenvalue weighted by molar-refractivity contribution is 7.89. The van der Waals surface area contributed by atoms with Crippen LogP contribution in [0.2, 0.25) is 0 Å². The van der Waals surface area contributed by atoms with Crippen molar-refractivity contribution in [1.29, 1.82) is 0 Å². The molecule has 0 radical (unpaired) electrons. The number of aromatic nitrogens is 2. The molecule has 1 amide bonds. The molecular formula is C18H18N4O4S. The number of benzene rings is 2. The summed E-state index contributed by atoms with van der Waals surface area (Å²) in [6.45, 7) is 3.70. The Balaban J connectivity index is 1.88. The van der Waals surface area contributed by atoms with Crippen LogP contribution in [-0.4, -0.2) is 31.1 Å². The molecule has 3 aromatic rings. The number of hydrogen-bond acceptors (Lipinski definition) is 6. The maximum Gasteiger partial charge on any atom is 0.255 e. The van der Waals surface area contributed by atoms with Crippen LogP contribution in [0.1, 0.15) is 22.8 Å². The monoisotopic (exact) mass is 386 g/mol. The topological polar surface area (TPSA) is 114 Å². The van der Waals surface area contributed by atoms with Gasteiger partial charge in [0.05, 0.1) is 4.90 Å². The van der Waals surface area contributed by atoms with Gasteiger partial charge in [0, 0.05) is 23.4 Å². The smallest absolute Gasteiger partial charge is 0.255 e. The minimum atomic E-state index is -3.65. The SMILES string of the molecule is CCNS(=O)(=O)c1ccc(C)c(C(=O)Nc2cccc(-c3nnco3)c2)c1. The summed E-state index contributed by atoms with van der Waals surface area (Å²) in [5.41, 5.74) is 2.12. The van der Waals surface area contributed by atoms with Gasteiger partial charge in [-0.1, -0.05) is 19.1 Å². The fourth-order valence-electron chi connectivity index (χ4n) is 2.51. The highest BCUT2D eigenvalue weighted by Gasteiger charge is 2.17. The van der Waals surface area contributed by atoms with Gasteiger partial charge in [0.15, 0.2) is 0 Å². The standard InChI is InChI=1S/C18H18N4O4S/c1-3-20-27(24,25)15-8-7-12(2)16(10-15)17(23)21-14-6-4-5-13(9-14)18-22-19-11-26-18/h4-11,20H,3H2,1-2H3,(H,21,23). The molecule has 2 N–H and O–H groups in total. The highest BCUT2D eigenvalue weighted by atomic mass is 32.2. The summed E-state index contributed by atoms with van der Waals surface area (Å²) in [7, 11) is -3.65. The second-order valence-corrected chi connectivity index (χ2v) is 7.52. The summed E-state index contributed by atoms with van der Waals surface area (Å²) in [6.07, 6.45) is 1.22. The van der Waals surface area contributed by atoms with Crippen molar-refractivity contribution in [3.63, 3.8) is 0 Å². The van der Waals surface area contributed by atoms with Crippen molar-refractivity contribution < 1.29 is 17.6 Å². The number of sulfonamides is 1. The van der Waals surface area contributed by atoms with Crippen molar-refractivity contribution in [2.24, 2.45) is 0 Å². The van der Waals surface area contributed by atoms with Gasteiger partial charge >= 0.3 is 0 Å². The van der Waals surface area contributed by atoms with Crippen molar-refractivity contribution >= 4 is 21.6 Å². The van der Waals surface area contributed by atoms with Crippen molar-refractivity contribution in [2.45, 2.75) is 18.7 Å². The molecule has 9 heteroatoms. The fraction of sp³-hybridized carbons (Fsp3) is 0.167. The third-order valence-electron chi connectivity index (χ3n) is 3.83. The lowest BCUT2D eigenvalue weighted by Crippen LogP contribution is -2.24. The van der Waals surface area contributed by atoms with Crippen LogP contribution in [0.3, 0.4) is 0 Å². The summed E-state index contributed by atoms with van der Waals surface area (Å²) in [6, 6.07) is 11.4. The van der Waals surface area contributed by atoms with Gasteiger partial charge in [0.2, 0.25) is 22.3 Å². The number of aryl methyl sites for hydroxylation is 1. The Morgan fingerprint density at radius 2 is 2.00 bits per heavy atom. The minimum absolute atomic E-state index is 0.0414. The van der Waals surface area contributed by atoms with Crippen LogP contribution in [0.4, 0.5) is 5.69 Å². The normalized spacial score (nSPS) is 11.3. The maximum absolute atomic E-state index is 12.7. The quantitative estimate of drug-likeness (QED) is 0.673. The largest absolute Gasteiger partial charge is 0.423 e. The lowest BCUT2D eigenvalue weighted by molar-refractivity contribution is 0.102. The highest BCUT2D eigenvalue weighted by Crippen LogP contribution is 2.22. The average molecular weight is 386 g/mol. The molecule has 0 aliphatic carbocycles. The predicted molar refractivity (Wildman–Crippen MR) is 99.7 cm³/mol. The van der Waals surface area contributed by atoms with Crippen molar-refractivity contribution in [2.75, 3.05) is 11.9 Å². The Kier molecular flexibility index (Phi) is 5.33.